The van der Waals surface area contributed by atoms with E-state index >= 15 is 0 Å². The van der Waals surface area contributed by atoms with Crippen LogP contribution in [-0.4, -0.2) is 11.8 Å². The van der Waals surface area contributed by atoms with Crippen molar-refractivity contribution in [3.8, 4) is 0 Å². The van der Waals surface area contributed by atoms with Crippen molar-refractivity contribution in [2.24, 2.45) is 5.41 Å². The molecule has 3 nitrogen and oxygen atoms in total. The van der Waals surface area contributed by atoms with Gasteiger partial charge in [0.2, 0.25) is 0 Å². The van der Waals surface area contributed by atoms with Gasteiger partial charge in [-0.25, -0.2) is 0 Å². The van der Waals surface area contributed by atoms with Crippen LogP contribution in [0.15, 0.2) is 67.0 Å². The van der Waals surface area contributed by atoms with Gasteiger partial charge in [0.15, 0.2) is 5.78 Å². The maximum Gasteiger partial charge on any atom is 0.324 e. The normalized spacial score (nSPS) is 12.0. The quantitative estimate of drug-likeness (QED) is 0.150. The molecule has 2 aromatic rings. The van der Waals surface area contributed by atoms with Gasteiger partial charge < -0.3 is 4.74 Å². The molecule has 0 spiro atoms. The van der Waals surface area contributed by atoms with Crippen LogP contribution in [0.4, 0.5) is 0 Å². The van der Waals surface area contributed by atoms with E-state index in [1.807, 2.05) is 42.5 Å². The second-order valence-electron chi connectivity index (χ2n) is 6.86. The number of carbonyl (C=O) groups is 2. The van der Waals surface area contributed by atoms with Gasteiger partial charge in [0.25, 0.3) is 0 Å². The molecule has 0 fully saturated rings. The third-order valence-corrected chi connectivity index (χ3v) is 4.40. The summed E-state index contributed by atoms with van der Waals surface area (Å²) in [6, 6.07) is 13.3. The Kier molecular flexibility index (Phi) is 6.51. The van der Waals surface area contributed by atoms with Crippen LogP contribution in [0.1, 0.15) is 50.4 Å². The largest absolute Gasteiger partial charge is 0.426 e. The molecule has 0 aliphatic carbocycles. The molecule has 0 saturated carbocycles. The number of rotatable bonds is 8. The molecule has 0 unspecified atom stereocenters. The van der Waals surface area contributed by atoms with Crippen molar-refractivity contribution >= 4 is 22.5 Å². The summed E-state index contributed by atoms with van der Waals surface area (Å²) in [6.07, 6.45) is 6.22. The molecule has 3 heteroatoms. The van der Waals surface area contributed by atoms with Crippen LogP contribution in [0.5, 0.6) is 0 Å². The minimum absolute atomic E-state index is 0.259. The van der Waals surface area contributed by atoms with E-state index in [-0.39, 0.29) is 5.78 Å². The highest BCUT2D eigenvalue weighted by Crippen LogP contribution is 2.27. The Morgan fingerprint density at radius 1 is 1.12 bits per heavy atom. The standard InChI is InChI=1S/C23H26O3/c1-5-7-8-13-20(6-2)26-22(25)23(3,4)21(24)19-15-14-17-11-9-10-12-18(17)16-19/h6,9-16H,2,5,7-8H2,1,3-4H3. The molecule has 0 aliphatic rings. The lowest BCUT2D eigenvalue weighted by atomic mass is 9.84. The molecular formula is C23H26O3. The number of Topliss-reactive ketones (excluding diaryl/α,β-unsaturated/α-hetero) is 1. The van der Waals surface area contributed by atoms with Crippen molar-refractivity contribution in [1.29, 1.82) is 0 Å². The van der Waals surface area contributed by atoms with Gasteiger partial charge in [0.05, 0.1) is 0 Å². The molecule has 2 rings (SSSR count). The van der Waals surface area contributed by atoms with Crippen molar-refractivity contribution in [3.05, 3.63) is 72.5 Å². The zero-order chi connectivity index (χ0) is 19.2. The van der Waals surface area contributed by atoms with Crippen molar-refractivity contribution in [1.82, 2.24) is 0 Å². The summed E-state index contributed by atoms with van der Waals surface area (Å²) >= 11 is 0. The van der Waals surface area contributed by atoms with E-state index in [9.17, 15) is 9.59 Å². The molecule has 0 amide bonds. The Morgan fingerprint density at radius 3 is 2.46 bits per heavy atom. The predicted molar refractivity (Wildman–Crippen MR) is 106 cm³/mol. The summed E-state index contributed by atoms with van der Waals surface area (Å²) < 4.78 is 5.42. The molecule has 0 aromatic heterocycles. The Bertz CT molecular complexity index is 843. The smallest absolute Gasteiger partial charge is 0.324 e. The average molecular weight is 350 g/mol. The molecule has 0 aliphatic heterocycles. The Balaban J connectivity index is 2.20. The van der Waals surface area contributed by atoms with Crippen LogP contribution in [0.3, 0.4) is 0 Å². The SMILES string of the molecule is C=CC(=CCCCC)OC(=O)C(C)(C)C(=O)c1ccc2ccccc2c1. The fraction of sp³-hybridized carbons (Fsp3) is 0.304. The summed E-state index contributed by atoms with van der Waals surface area (Å²) in [6.45, 7) is 8.97. The highest BCUT2D eigenvalue weighted by molar-refractivity contribution is 6.13. The van der Waals surface area contributed by atoms with E-state index < -0.39 is 11.4 Å². The first-order valence-corrected chi connectivity index (χ1v) is 8.98. The first-order chi connectivity index (χ1) is 12.4. The number of ether oxygens (including phenoxy) is 1. The van der Waals surface area contributed by atoms with Crippen LogP contribution in [0.2, 0.25) is 0 Å². The lowest BCUT2D eigenvalue weighted by Gasteiger charge is -2.21. The van der Waals surface area contributed by atoms with E-state index in [0.29, 0.717) is 11.3 Å². The highest BCUT2D eigenvalue weighted by atomic mass is 16.5. The van der Waals surface area contributed by atoms with Gasteiger partial charge in [-0.05, 0) is 55.7 Å². The van der Waals surface area contributed by atoms with Crippen molar-refractivity contribution in [3.63, 3.8) is 0 Å². The van der Waals surface area contributed by atoms with Crippen molar-refractivity contribution in [2.75, 3.05) is 0 Å². The van der Waals surface area contributed by atoms with Gasteiger partial charge in [0.1, 0.15) is 11.2 Å². The number of benzene rings is 2. The van der Waals surface area contributed by atoms with Gasteiger partial charge in [-0.2, -0.15) is 0 Å². The third-order valence-electron chi connectivity index (χ3n) is 4.40. The van der Waals surface area contributed by atoms with Crippen molar-refractivity contribution in [2.45, 2.75) is 40.0 Å². The van der Waals surface area contributed by atoms with E-state index in [4.69, 9.17) is 4.74 Å². The van der Waals surface area contributed by atoms with Gasteiger partial charge in [-0.1, -0.05) is 56.3 Å². The number of fused-ring (bicyclic) bond motifs is 1. The second kappa shape index (κ2) is 8.61. The van der Waals surface area contributed by atoms with Crippen LogP contribution >= 0.6 is 0 Å². The van der Waals surface area contributed by atoms with E-state index in [1.165, 1.54) is 6.08 Å². The summed E-state index contributed by atoms with van der Waals surface area (Å²) in [7, 11) is 0. The molecule has 0 atom stereocenters. The summed E-state index contributed by atoms with van der Waals surface area (Å²) in [5.41, 5.74) is -0.782. The Labute approximate surface area is 155 Å². The fourth-order valence-electron chi connectivity index (χ4n) is 2.63. The van der Waals surface area contributed by atoms with Crippen LogP contribution in [-0.2, 0) is 9.53 Å². The summed E-state index contributed by atoms with van der Waals surface area (Å²) in [5, 5.41) is 2.02. The maximum atomic E-state index is 12.9. The van der Waals surface area contributed by atoms with Crippen LogP contribution in [0, 0.1) is 5.41 Å². The maximum absolute atomic E-state index is 12.9. The first kappa shape index (κ1) is 19.6. The number of ketones is 1. The molecule has 26 heavy (non-hydrogen) atoms. The van der Waals surface area contributed by atoms with Gasteiger partial charge >= 0.3 is 5.97 Å². The van der Waals surface area contributed by atoms with E-state index in [2.05, 4.69) is 13.5 Å². The number of carbonyl (C=O) groups excluding carboxylic acids is 2. The Hall–Kier alpha value is -2.68. The molecule has 0 heterocycles. The van der Waals surface area contributed by atoms with Crippen LogP contribution < -0.4 is 0 Å². The Morgan fingerprint density at radius 2 is 1.81 bits per heavy atom. The highest BCUT2D eigenvalue weighted by Gasteiger charge is 2.38. The van der Waals surface area contributed by atoms with E-state index in [0.717, 1.165) is 30.0 Å². The third kappa shape index (κ3) is 4.48. The zero-order valence-corrected chi connectivity index (χ0v) is 15.7. The van der Waals surface area contributed by atoms with Crippen molar-refractivity contribution < 1.29 is 14.3 Å². The summed E-state index contributed by atoms with van der Waals surface area (Å²) in [5.74, 6) is -0.425. The molecule has 0 saturated heterocycles. The predicted octanol–water partition coefficient (Wildman–Crippen LogP) is 5.85. The minimum Gasteiger partial charge on any atom is -0.426 e. The van der Waals surface area contributed by atoms with Gasteiger partial charge in [-0.3, -0.25) is 9.59 Å². The second-order valence-corrected chi connectivity index (χ2v) is 6.86. The number of esters is 1. The topological polar surface area (TPSA) is 43.4 Å². The molecule has 2 aromatic carbocycles. The average Bonchev–Trinajstić information content (AvgIpc) is 2.66. The number of hydrogen-bond donors (Lipinski definition) is 0. The molecule has 136 valence electrons. The molecular weight excluding hydrogens is 324 g/mol. The lowest BCUT2D eigenvalue weighted by molar-refractivity contribution is -0.146. The summed E-state index contributed by atoms with van der Waals surface area (Å²) in [4.78, 5) is 25.5. The number of unbranched alkanes of at least 4 members (excludes halogenated alkanes) is 2. The lowest BCUT2D eigenvalue weighted by Crippen LogP contribution is -2.35. The molecule has 0 N–H and O–H groups in total. The monoisotopic (exact) mass is 350 g/mol. The fourth-order valence-corrected chi connectivity index (χ4v) is 2.63. The van der Waals surface area contributed by atoms with Crippen LogP contribution in [0.25, 0.3) is 10.8 Å². The first-order valence-electron chi connectivity index (χ1n) is 8.98. The number of hydrogen-bond acceptors (Lipinski definition) is 3. The number of allylic oxidation sites excluding steroid dienone is 2. The molecule has 0 radical (unpaired) electrons. The van der Waals surface area contributed by atoms with Gasteiger partial charge in [0, 0.05) is 5.56 Å². The zero-order valence-electron chi connectivity index (χ0n) is 15.7. The van der Waals surface area contributed by atoms with E-state index in [1.54, 1.807) is 19.9 Å². The molecule has 0 bridgehead atoms. The van der Waals surface area contributed by atoms with Gasteiger partial charge in [-0.15, -0.1) is 0 Å². The minimum atomic E-state index is -1.28.